The molecule has 0 radical (unpaired) electrons. The van der Waals surface area contributed by atoms with Crippen molar-refractivity contribution < 1.29 is 9.21 Å². The second kappa shape index (κ2) is 4.12. The molecule has 2 aromatic rings. The highest BCUT2D eigenvalue weighted by molar-refractivity contribution is 6.06. The van der Waals surface area contributed by atoms with E-state index in [4.69, 9.17) is 10.2 Å². The predicted molar refractivity (Wildman–Crippen MR) is 72.1 cm³/mol. The maximum atomic E-state index is 12.5. The lowest BCUT2D eigenvalue weighted by Crippen LogP contribution is -2.35. The molecule has 19 heavy (non-hydrogen) atoms. The summed E-state index contributed by atoms with van der Waals surface area (Å²) in [4.78, 5) is 18.3. The molecule has 1 aromatic heterocycles. The van der Waals surface area contributed by atoms with Gasteiger partial charge in [-0.1, -0.05) is 0 Å². The molecule has 3 rings (SSSR count). The third-order valence-corrected chi connectivity index (χ3v) is 3.48. The molecule has 1 unspecified atom stereocenters. The van der Waals surface area contributed by atoms with Crippen LogP contribution in [0.5, 0.6) is 0 Å². The van der Waals surface area contributed by atoms with Crippen LogP contribution in [-0.2, 0) is 6.42 Å². The van der Waals surface area contributed by atoms with Gasteiger partial charge in [-0.25, -0.2) is 4.98 Å². The van der Waals surface area contributed by atoms with Crippen molar-refractivity contribution in [1.29, 1.82) is 0 Å². The first-order valence-electron chi connectivity index (χ1n) is 6.20. The quantitative estimate of drug-likeness (QED) is 0.794. The Morgan fingerprint density at radius 1 is 1.53 bits per heavy atom. The van der Waals surface area contributed by atoms with E-state index in [0.29, 0.717) is 11.5 Å². The molecule has 2 N–H and O–H groups in total. The lowest BCUT2D eigenvalue weighted by Gasteiger charge is -2.21. The summed E-state index contributed by atoms with van der Waals surface area (Å²) in [6.07, 6.45) is 2.10. The number of nitrogen functional groups attached to an aromatic ring is 1. The van der Waals surface area contributed by atoms with Crippen molar-refractivity contribution in [2.24, 2.45) is 0 Å². The Bertz CT molecular complexity index is 648. The Morgan fingerprint density at radius 3 is 3.00 bits per heavy atom. The lowest BCUT2D eigenvalue weighted by atomic mass is 10.1. The van der Waals surface area contributed by atoms with Crippen LogP contribution in [0.3, 0.4) is 0 Å². The number of hydrogen-bond donors (Lipinski definition) is 1. The maximum Gasteiger partial charge on any atom is 0.296 e. The molecule has 0 spiro atoms. The van der Waals surface area contributed by atoms with Gasteiger partial charge in [0.2, 0.25) is 5.76 Å². The molecule has 5 nitrogen and oxygen atoms in total. The monoisotopic (exact) mass is 257 g/mol. The highest BCUT2D eigenvalue weighted by Gasteiger charge is 2.33. The van der Waals surface area contributed by atoms with Gasteiger partial charge in [0, 0.05) is 17.4 Å². The minimum atomic E-state index is -0.147. The van der Waals surface area contributed by atoms with Gasteiger partial charge in [-0.05, 0) is 44.0 Å². The number of nitrogens with zero attached hydrogens (tertiary/aromatic N) is 2. The van der Waals surface area contributed by atoms with Gasteiger partial charge >= 0.3 is 0 Å². The first kappa shape index (κ1) is 11.8. The molecular weight excluding hydrogens is 242 g/mol. The lowest BCUT2D eigenvalue weighted by molar-refractivity contribution is 0.0954. The second-order valence-electron chi connectivity index (χ2n) is 4.88. The van der Waals surface area contributed by atoms with Gasteiger partial charge in [-0.3, -0.25) is 4.79 Å². The minimum absolute atomic E-state index is 0.0915. The first-order chi connectivity index (χ1) is 9.08. The van der Waals surface area contributed by atoms with Crippen LogP contribution in [-0.4, -0.2) is 16.9 Å². The molecule has 1 aliphatic rings. The van der Waals surface area contributed by atoms with Crippen LogP contribution < -0.4 is 10.6 Å². The summed E-state index contributed by atoms with van der Waals surface area (Å²) in [5.41, 5.74) is 9.12. The molecular formula is C14H15N3O2. The highest BCUT2D eigenvalue weighted by Crippen LogP contribution is 2.34. The number of rotatable bonds is 1. The van der Waals surface area contributed by atoms with Crippen LogP contribution in [0.4, 0.5) is 11.4 Å². The fraction of sp³-hybridized carbons (Fsp3) is 0.286. The van der Waals surface area contributed by atoms with E-state index in [1.54, 1.807) is 11.8 Å². The minimum Gasteiger partial charge on any atom is -0.438 e. The fourth-order valence-electron chi connectivity index (χ4n) is 2.58. The van der Waals surface area contributed by atoms with Gasteiger partial charge in [-0.2, -0.15) is 0 Å². The van der Waals surface area contributed by atoms with Crippen LogP contribution in [0.25, 0.3) is 0 Å². The van der Waals surface area contributed by atoms with E-state index in [0.717, 1.165) is 23.4 Å². The number of hydrogen-bond acceptors (Lipinski definition) is 4. The molecule has 5 heteroatoms. The van der Waals surface area contributed by atoms with E-state index in [-0.39, 0.29) is 11.9 Å². The van der Waals surface area contributed by atoms with Gasteiger partial charge in [0.05, 0.1) is 5.69 Å². The Morgan fingerprint density at radius 2 is 2.32 bits per heavy atom. The van der Waals surface area contributed by atoms with Crippen LogP contribution in [0.15, 0.2) is 29.0 Å². The summed E-state index contributed by atoms with van der Waals surface area (Å²) in [6, 6.07) is 5.71. The summed E-state index contributed by atoms with van der Waals surface area (Å²) >= 11 is 0. The number of anilines is 2. The number of carbonyl (C=O) groups is 1. The van der Waals surface area contributed by atoms with E-state index in [2.05, 4.69) is 4.98 Å². The number of nitrogens with two attached hydrogens (primary N) is 1. The van der Waals surface area contributed by atoms with Gasteiger partial charge in [0.25, 0.3) is 5.91 Å². The van der Waals surface area contributed by atoms with Crippen LogP contribution in [0.1, 0.15) is 28.7 Å². The maximum absolute atomic E-state index is 12.5. The summed E-state index contributed by atoms with van der Waals surface area (Å²) in [5.74, 6) is 0.155. The van der Waals surface area contributed by atoms with Crippen LogP contribution in [0, 0.1) is 6.92 Å². The molecule has 2 heterocycles. The predicted octanol–water partition coefficient (Wildman–Crippen LogP) is 2.16. The number of aromatic nitrogens is 1. The largest absolute Gasteiger partial charge is 0.438 e. The molecule has 1 aliphatic heterocycles. The molecule has 1 aromatic carbocycles. The van der Waals surface area contributed by atoms with Crippen LogP contribution >= 0.6 is 0 Å². The van der Waals surface area contributed by atoms with E-state index in [9.17, 15) is 4.79 Å². The van der Waals surface area contributed by atoms with Crippen molar-refractivity contribution in [2.45, 2.75) is 26.3 Å². The van der Waals surface area contributed by atoms with E-state index in [1.165, 1.54) is 6.39 Å². The number of fused-ring (bicyclic) bond motifs is 1. The molecule has 0 saturated heterocycles. The van der Waals surface area contributed by atoms with Crippen LogP contribution in [0.2, 0.25) is 0 Å². The van der Waals surface area contributed by atoms with E-state index < -0.39 is 0 Å². The van der Waals surface area contributed by atoms with Crippen molar-refractivity contribution in [2.75, 3.05) is 10.6 Å². The number of amides is 1. The van der Waals surface area contributed by atoms with Crippen molar-refractivity contribution in [1.82, 2.24) is 4.98 Å². The third-order valence-electron chi connectivity index (χ3n) is 3.48. The van der Waals surface area contributed by atoms with Crippen molar-refractivity contribution in [3.8, 4) is 0 Å². The summed E-state index contributed by atoms with van der Waals surface area (Å²) in [7, 11) is 0. The van der Waals surface area contributed by atoms with Gasteiger partial charge in [0.15, 0.2) is 6.39 Å². The zero-order chi connectivity index (χ0) is 13.6. The molecule has 0 aliphatic carbocycles. The van der Waals surface area contributed by atoms with Crippen molar-refractivity contribution in [3.05, 3.63) is 41.6 Å². The first-order valence-corrected chi connectivity index (χ1v) is 6.20. The molecule has 98 valence electrons. The molecule has 1 atom stereocenters. The Hall–Kier alpha value is -2.30. The molecule has 1 amide bonds. The van der Waals surface area contributed by atoms with Gasteiger partial charge in [-0.15, -0.1) is 0 Å². The zero-order valence-electron chi connectivity index (χ0n) is 10.9. The number of benzene rings is 1. The molecule has 0 saturated carbocycles. The topological polar surface area (TPSA) is 72.4 Å². The van der Waals surface area contributed by atoms with E-state index >= 15 is 0 Å². The zero-order valence-corrected chi connectivity index (χ0v) is 10.9. The second-order valence-corrected chi connectivity index (χ2v) is 4.88. The summed E-state index contributed by atoms with van der Waals surface area (Å²) in [5, 5.41) is 0. The highest BCUT2D eigenvalue weighted by atomic mass is 16.3. The van der Waals surface area contributed by atoms with Gasteiger partial charge < -0.3 is 15.1 Å². The smallest absolute Gasteiger partial charge is 0.296 e. The molecule has 0 bridgehead atoms. The van der Waals surface area contributed by atoms with E-state index in [1.807, 2.05) is 25.1 Å². The standard InChI is InChI=1S/C14H15N3O2/c1-8-5-10-6-11(15)3-4-12(10)17(8)14(18)13-9(2)16-7-19-13/h3-4,6-8H,5,15H2,1-2H3. The van der Waals surface area contributed by atoms with Crippen molar-refractivity contribution >= 4 is 17.3 Å². The Balaban J connectivity index is 2.03. The Kier molecular flexibility index (Phi) is 2.55. The normalized spacial score (nSPS) is 17.6. The SMILES string of the molecule is Cc1ncoc1C(=O)N1c2ccc(N)cc2CC1C. The van der Waals surface area contributed by atoms with Gasteiger partial charge in [0.1, 0.15) is 0 Å². The summed E-state index contributed by atoms with van der Waals surface area (Å²) in [6.45, 7) is 3.78. The molecule has 0 fully saturated rings. The van der Waals surface area contributed by atoms with Crippen molar-refractivity contribution in [3.63, 3.8) is 0 Å². The third kappa shape index (κ3) is 1.78. The number of aryl methyl sites for hydroxylation is 1. The number of carbonyl (C=O) groups excluding carboxylic acids is 1. The fourth-order valence-corrected chi connectivity index (χ4v) is 2.58. The number of oxazole rings is 1. The Labute approximate surface area is 111 Å². The summed E-state index contributed by atoms with van der Waals surface area (Å²) < 4.78 is 5.20. The average molecular weight is 257 g/mol. The average Bonchev–Trinajstić information content (AvgIpc) is 2.90.